The second-order valence-electron chi connectivity index (χ2n) is 15.9. The number of hydrogen-bond donors (Lipinski definition) is 3. The number of thiazole rings is 1. The Kier molecular flexibility index (Phi) is 12.7. The second kappa shape index (κ2) is 17.1. The molecule has 3 N–H and O–H groups in total. The Morgan fingerprint density at radius 2 is 1.88 bits per heavy atom. The molecule has 13 nitrogen and oxygen atoms in total. The van der Waals surface area contributed by atoms with Crippen molar-refractivity contribution in [2.24, 2.45) is 5.41 Å². The number of nitrogens with zero attached hydrogens (tertiary/aromatic N) is 6. The summed E-state index contributed by atoms with van der Waals surface area (Å²) in [5.74, 6) is -1.51. The molecule has 0 bridgehead atoms. The van der Waals surface area contributed by atoms with E-state index in [1.54, 1.807) is 12.0 Å². The minimum absolute atomic E-state index is 0.0362. The van der Waals surface area contributed by atoms with Crippen LogP contribution >= 0.6 is 11.3 Å². The van der Waals surface area contributed by atoms with Crippen LogP contribution in [-0.4, -0.2) is 121 Å². The fourth-order valence-electron chi connectivity index (χ4n) is 7.59. The summed E-state index contributed by atoms with van der Waals surface area (Å²) >= 11 is 1.42. The van der Waals surface area contributed by atoms with Crippen molar-refractivity contribution in [3.63, 3.8) is 0 Å². The van der Waals surface area contributed by atoms with Crippen molar-refractivity contribution in [2.45, 2.75) is 90.6 Å². The van der Waals surface area contributed by atoms with E-state index in [2.05, 4.69) is 82.4 Å². The van der Waals surface area contributed by atoms with Gasteiger partial charge in [-0.1, -0.05) is 33.3 Å². The Morgan fingerprint density at radius 3 is 2.55 bits per heavy atom. The number of pyridine rings is 1. The first kappa shape index (κ1) is 41.5. The first-order valence-corrected chi connectivity index (χ1v) is 21.0. The van der Waals surface area contributed by atoms with Gasteiger partial charge in [0.2, 0.25) is 0 Å². The number of urea groups is 1. The molecule has 299 valence electrons. The zero-order chi connectivity index (χ0) is 40.4. The normalized spacial score (nSPS) is 18.5. The zero-order valence-corrected chi connectivity index (χ0v) is 35.5. The molecule has 0 saturated carbocycles. The molecule has 1 aromatic carbocycles. The molecular formula is C41H55N8O5SSi. The van der Waals surface area contributed by atoms with Crippen LogP contribution in [0.25, 0.3) is 33.4 Å². The van der Waals surface area contributed by atoms with Crippen molar-refractivity contribution in [3.05, 3.63) is 58.2 Å². The SMILES string of the molecule is CCn1c(-c2cccnc2[C@H](C)OC)c(CC(C)(C)CC)c2cc(-c3csc(CC([Si])(NC(=O)N4CCN(C)CC4)C(=O)N4CCC[C@@H](C(=O)O)N4)n3)ccc21. The first-order valence-electron chi connectivity index (χ1n) is 19.6. The lowest BCUT2D eigenvalue weighted by molar-refractivity contribution is -0.148. The molecule has 1 unspecified atom stereocenters. The van der Waals surface area contributed by atoms with Crippen LogP contribution in [0.2, 0.25) is 0 Å². The largest absolute Gasteiger partial charge is 0.480 e. The van der Waals surface area contributed by atoms with Gasteiger partial charge < -0.3 is 29.5 Å². The number of carbonyl (C=O) groups is 3. The lowest BCUT2D eigenvalue weighted by Crippen LogP contribution is -2.68. The highest BCUT2D eigenvalue weighted by molar-refractivity contribution is 7.10. The number of aromatic nitrogens is 3. The molecule has 3 aromatic heterocycles. The summed E-state index contributed by atoms with van der Waals surface area (Å²) in [6.45, 7) is 14.6. The third-order valence-corrected chi connectivity index (χ3v) is 12.8. The number of aryl methyl sites for hydroxylation is 1. The smallest absolute Gasteiger partial charge is 0.322 e. The standard InChI is InChI=1S/C41H55N8O5SSi/c1-8-40(4,5)23-30-29-22-27(14-15-33(29)48(9-2)36(30)28-12-10-16-42-35(28)26(3)54-7)32-25-55-34(43-32)24-41(56,44-39(53)47-20-18-46(6)19-21-47)38(52)49-17-11-13-31(45-49)37(50)51/h10,12,14-16,22,25-26,31,45H,8-9,11,13,17-21,23-24H2,1-7H3,(H,44,53)(H,50,51)/t26-,31-,41?/m0/s1. The van der Waals surface area contributed by atoms with E-state index in [-0.39, 0.29) is 24.0 Å². The lowest BCUT2D eigenvalue weighted by Gasteiger charge is -2.40. The highest BCUT2D eigenvalue weighted by Gasteiger charge is 2.42. The van der Waals surface area contributed by atoms with E-state index in [0.717, 1.165) is 71.6 Å². The monoisotopic (exact) mass is 799 g/mol. The number of nitrogens with one attached hydrogen (secondary N) is 2. The third kappa shape index (κ3) is 8.71. The van der Waals surface area contributed by atoms with Gasteiger partial charge in [-0.15, -0.1) is 11.3 Å². The highest BCUT2D eigenvalue weighted by atomic mass is 32.1. The molecule has 3 atom stereocenters. The van der Waals surface area contributed by atoms with Crippen molar-refractivity contribution >= 4 is 50.4 Å². The average Bonchev–Trinajstić information content (AvgIpc) is 3.78. The highest BCUT2D eigenvalue weighted by Crippen LogP contribution is 2.42. The van der Waals surface area contributed by atoms with Gasteiger partial charge in [-0.25, -0.2) is 15.2 Å². The van der Waals surface area contributed by atoms with Crippen LogP contribution in [0, 0.1) is 5.41 Å². The molecule has 6 rings (SSSR count). The number of fused-ring (bicyclic) bond motifs is 1. The number of hydrazine groups is 1. The van der Waals surface area contributed by atoms with Crippen molar-refractivity contribution in [1.82, 2.24) is 40.1 Å². The summed E-state index contributed by atoms with van der Waals surface area (Å²) < 4.78 is 8.16. The summed E-state index contributed by atoms with van der Waals surface area (Å²) in [5, 5.41) is 16.2. The van der Waals surface area contributed by atoms with Crippen LogP contribution in [0.5, 0.6) is 0 Å². The topological polar surface area (TPSA) is 145 Å². The predicted octanol–water partition coefficient (Wildman–Crippen LogP) is 5.48. The minimum Gasteiger partial charge on any atom is -0.480 e. The van der Waals surface area contributed by atoms with E-state index in [4.69, 9.17) is 14.7 Å². The predicted molar refractivity (Wildman–Crippen MR) is 220 cm³/mol. The molecule has 2 aliphatic rings. The summed E-state index contributed by atoms with van der Waals surface area (Å²) in [6, 6.07) is 9.36. The molecule has 2 aliphatic heterocycles. The number of rotatable bonds is 13. The summed E-state index contributed by atoms with van der Waals surface area (Å²) in [7, 11) is 7.46. The number of methoxy groups -OCH3 is 1. The fraction of sp³-hybridized carbons (Fsp3) is 0.537. The number of carbonyl (C=O) groups excluding carboxylic acids is 2. The number of carboxylic acids is 1. The maximum Gasteiger partial charge on any atom is 0.322 e. The average molecular weight is 800 g/mol. The maximum absolute atomic E-state index is 14.3. The Balaban J connectivity index is 1.38. The number of benzene rings is 1. The van der Waals surface area contributed by atoms with Gasteiger partial charge in [-0.3, -0.25) is 19.6 Å². The van der Waals surface area contributed by atoms with Gasteiger partial charge in [0.1, 0.15) is 11.2 Å². The molecule has 56 heavy (non-hydrogen) atoms. The van der Waals surface area contributed by atoms with Crippen molar-refractivity contribution in [3.8, 4) is 22.5 Å². The molecule has 2 saturated heterocycles. The number of likely N-dealkylation sites (N-methyl/N-ethyl adjacent to an activating group) is 1. The molecular weight excluding hydrogens is 745 g/mol. The number of carboxylic acid groups (broad SMARTS) is 1. The third-order valence-electron chi connectivity index (χ3n) is 11.4. The lowest BCUT2D eigenvalue weighted by atomic mass is 9.81. The first-order chi connectivity index (χ1) is 26.7. The molecule has 2 fully saturated rings. The summed E-state index contributed by atoms with van der Waals surface area (Å²) in [5.41, 5.74) is 10.1. The van der Waals surface area contributed by atoms with Gasteiger partial charge >= 0.3 is 12.0 Å². The number of hydrogen-bond acceptors (Lipinski definition) is 9. The van der Waals surface area contributed by atoms with E-state index in [1.165, 1.54) is 21.9 Å². The maximum atomic E-state index is 14.3. The molecule has 3 radical (unpaired) electrons. The van der Waals surface area contributed by atoms with Crippen LogP contribution in [0.1, 0.15) is 76.3 Å². The Hall–Kier alpha value is -4.15. The Morgan fingerprint density at radius 1 is 1.12 bits per heavy atom. The van der Waals surface area contributed by atoms with Crippen LogP contribution in [0.4, 0.5) is 4.79 Å². The van der Waals surface area contributed by atoms with Crippen LogP contribution in [0.3, 0.4) is 0 Å². The molecule has 5 heterocycles. The van der Waals surface area contributed by atoms with E-state index < -0.39 is 23.1 Å². The second-order valence-corrected chi connectivity index (χ2v) is 17.7. The molecule has 4 aromatic rings. The van der Waals surface area contributed by atoms with Gasteiger partial charge in [0.25, 0.3) is 5.91 Å². The quantitative estimate of drug-likeness (QED) is 0.150. The van der Waals surface area contributed by atoms with Crippen molar-refractivity contribution in [1.29, 1.82) is 0 Å². The van der Waals surface area contributed by atoms with Crippen LogP contribution in [0.15, 0.2) is 41.9 Å². The molecule has 3 amide bonds. The van der Waals surface area contributed by atoms with Gasteiger partial charge in [-0.2, -0.15) is 0 Å². The van der Waals surface area contributed by atoms with Crippen molar-refractivity contribution in [2.75, 3.05) is 46.9 Å². The summed E-state index contributed by atoms with van der Waals surface area (Å²) in [4.78, 5) is 53.5. The van der Waals surface area contributed by atoms with E-state index >= 15 is 0 Å². The molecule has 0 aliphatic carbocycles. The van der Waals surface area contributed by atoms with E-state index in [9.17, 15) is 19.5 Å². The van der Waals surface area contributed by atoms with Gasteiger partial charge in [-0.05, 0) is 75.4 Å². The van der Waals surface area contributed by atoms with E-state index in [0.29, 0.717) is 37.5 Å². The van der Waals surface area contributed by atoms with Gasteiger partial charge in [0.05, 0.1) is 38.4 Å². The number of piperazine rings is 1. The number of aliphatic carboxylic acids is 1. The summed E-state index contributed by atoms with van der Waals surface area (Å²) in [6.07, 6.45) is 4.48. The fourth-order valence-corrected chi connectivity index (χ4v) is 9.02. The van der Waals surface area contributed by atoms with Gasteiger partial charge in [0, 0.05) is 86.4 Å². The number of amides is 3. The zero-order valence-electron chi connectivity index (χ0n) is 33.6. The molecule has 15 heteroatoms. The van der Waals surface area contributed by atoms with E-state index in [1.807, 2.05) is 31.6 Å². The van der Waals surface area contributed by atoms with Crippen LogP contribution in [-0.2, 0) is 33.7 Å². The number of ether oxygens (including phenoxy) is 1. The molecule has 0 spiro atoms. The van der Waals surface area contributed by atoms with Crippen molar-refractivity contribution < 1.29 is 24.2 Å². The Bertz CT molecular complexity index is 2060. The Labute approximate surface area is 337 Å². The minimum atomic E-state index is -1.58. The van der Waals surface area contributed by atoms with Gasteiger partial charge in [0.15, 0.2) is 0 Å². The van der Waals surface area contributed by atoms with Crippen LogP contribution < -0.4 is 10.7 Å².